The lowest BCUT2D eigenvalue weighted by atomic mass is 9.82. The third-order valence-electron chi connectivity index (χ3n) is 4.48. The summed E-state index contributed by atoms with van der Waals surface area (Å²) in [6, 6.07) is 9.20. The van der Waals surface area contributed by atoms with E-state index in [0.29, 0.717) is 5.41 Å². The minimum absolute atomic E-state index is 0.548. The predicted molar refractivity (Wildman–Crippen MR) is 87.0 cm³/mol. The fraction of sp³-hybridized carbons (Fsp3) is 0.667. The summed E-state index contributed by atoms with van der Waals surface area (Å²) in [5.41, 5.74) is 3.44. The Kier molecular flexibility index (Phi) is 5.62. The van der Waals surface area contributed by atoms with Gasteiger partial charge in [-0.3, -0.25) is 4.90 Å². The van der Waals surface area contributed by atoms with Crippen molar-refractivity contribution >= 4 is 0 Å². The largest absolute Gasteiger partial charge is 0.317 e. The molecule has 0 amide bonds. The Morgan fingerprint density at radius 1 is 1.05 bits per heavy atom. The number of nitrogens with one attached hydrogen (secondary N) is 1. The van der Waals surface area contributed by atoms with Crippen LogP contribution < -0.4 is 5.32 Å². The molecular formula is C18H30N2. The van der Waals surface area contributed by atoms with Crippen LogP contribution in [-0.2, 0) is 13.0 Å². The van der Waals surface area contributed by atoms with E-state index in [2.05, 4.69) is 55.3 Å². The number of hydrogen-bond donors (Lipinski definition) is 1. The van der Waals surface area contributed by atoms with Crippen LogP contribution in [0.1, 0.15) is 44.7 Å². The van der Waals surface area contributed by atoms with Gasteiger partial charge >= 0.3 is 0 Å². The SMILES string of the molecule is CCNCCc1ccc(CN2CCC(C)(C)CC2)cc1. The Hall–Kier alpha value is -0.860. The number of piperidine rings is 1. The van der Waals surface area contributed by atoms with E-state index in [-0.39, 0.29) is 0 Å². The van der Waals surface area contributed by atoms with Gasteiger partial charge in [-0.05, 0) is 62.0 Å². The van der Waals surface area contributed by atoms with Crippen molar-refractivity contribution in [3.63, 3.8) is 0 Å². The van der Waals surface area contributed by atoms with Gasteiger partial charge in [0.2, 0.25) is 0 Å². The van der Waals surface area contributed by atoms with Crippen molar-refractivity contribution in [2.45, 2.75) is 46.6 Å². The molecule has 0 spiro atoms. The Labute approximate surface area is 124 Å². The lowest BCUT2D eigenvalue weighted by molar-refractivity contribution is 0.127. The molecule has 1 N–H and O–H groups in total. The summed E-state index contributed by atoms with van der Waals surface area (Å²) >= 11 is 0. The van der Waals surface area contributed by atoms with Crippen LogP contribution in [0.2, 0.25) is 0 Å². The van der Waals surface area contributed by atoms with Crippen LogP contribution in [0.25, 0.3) is 0 Å². The molecule has 0 radical (unpaired) electrons. The third kappa shape index (κ3) is 4.92. The molecule has 1 aliphatic rings. The second-order valence-corrected chi connectivity index (χ2v) is 6.86. The maximum atomic E-state index is 3.38. The molecule has 112 valence electrons. The first-order valence-electron chi connectivity index (χ1n) is 8.10. The van der Waals surface area contributed by atoms with Crippen molar-refractivity contribution in [2.24, 2.45) is 5.41 Å². The van der Waals surface area contributed by atoms with Gasteiger partial charge in [-0.1, -0.05) is 45.0 Å². The van der Waals surface area contributed by atoms with Crippen molar-refractivity contribution in [3.05, 3.63) is 35.4 Å². The van der Waals surface area contributed by atoms with Crippen LogP contribution in [0, 0.1) is 5.41 Å². The van der Waals surface area contributed by atoms with Gasteiger partial charge < -0.3 is 5.32 Å². The van der Waals surface area contributed by atoms with Crippen LogP contribution in [0.4, 0.5) is 0 Å². The van der Waals surface area contributed by atoms with Crippen molar-refractivity contribution in [3.8, 4) is 0 Å². The molecule has 0 bridgehead atoms. The van der Waals surface area contributed by atoms with E-state index >= 15 is 0 Å². The summed E-state index contributed by atoms with van der Waals surface area (Å²) < 4.78 is 0. The molecule has 1 aromatic carbocycles. The normalized spacial score (nSPS) is 19.1. The van der Waals surface area contributed by atoms with E-state index in [1.165, 1.54) is 37.1 Å². The highest BCUT2D eigenvalue weighted by Gasteiger charge is 2.24. The molecule has 1 heterocycles. The maximum absolute atomic E-state index is 3.38. The molecule has 2 rings (SSSR count). The standard InChI is InChI=1S/C18H30N2/c1-4-19-12-9-16-5-7-17(8-6-16)15-20-13-10-18(2,3)11-14-20/h5-8,19H,4,9-15H2,1-3H3. The Morgan fingerprint density at radius 2 is 1.65 bits per heavy atom. The molecule has 0 aliphatic carbocycles. The molecule has 2 nitrogen and oxygen atoms in total. The molecule has 1 aromatic rings. The summed E-state index contributed by atoms with van der Waals surface area (Å²) in [6.07, 6.45) is 3.79. The highest BCUT2D eigenvalue weighted by atomic mass is 15.1. The molecule has 0 atom stereocenters. The zero-order valence-corrected chi connectivity index (χ0v) is 13.4. The van der Waals surface area contributed by atoms with E-state index < -0.39 is 0 Å². The third-order valence-corrected chi connectivity index (χ3v) is 4.48. The monoisotopic (exact) mass is 274 g/mol. The van der Waals surface area contributed by atoms with Gasteiger partial charge in [-0.25, -0.2) is 0 Å². The van der Waals surface area contributed by atoms with Gasteiger partial charge in [0, 0.05) is 6.54 Å². The summed E-state index contributed by atoms with van der Waals surface area (Å²) in [5, 5.41) is 3.38. The van der Waals surface area contributed by atoms with Gasteiger partial charge in [0.15, 0.2) is 0 Å². The molecule has 0 aromatic heterocycles. The van der Waals surface area contributed by atoms with E-state index in [1.54, 1.807) is 0 Å². The van der Waals surface area contributed by atoms with Crippen molar-refractivity contribution in [1.29, 1.82) is 0 Å². The van der Waals surface area contributed by atoms with Gasteiger partial charge in [0.25, 0.3) is 0 Å². The Balaban J connectivity index is 1.79. The van der Waals surface area contributed by atoms with E-state index in [9.17, 15) is 0 Å². The van der Waals surface area contributed by atoms with E-state index in [4.69, 9.17) is 0 Å². The summed E-state index contributed by atoms with van der Waals surface area (Å²) in [7, 11) is 0. The second-order valence-electron chi connectivity index (χ2n) is 6.86. The predicted octanol–water partition coefficient (Wildman–Crippen LogP) is 3.46. The molecule has 1 fully saturated rings. The summed E-state index contributed by atoms with van der Waals surface area (Å²) in [4.78, 5) is 2.60. The van der Waals surface area contributed by atoms with E-state index in [1.807, 2.05) is 0 Å². The average molecular weight is 274 g/mol. The number of hydrogen-bond acceptors (Lipinski definition) is 2. The van der Waals surface area contributed by atoms with Gasteiger partial charge in [0.1, 0.15) is 0 Å². The first kappa shape index (κ1) is 15.5. The van der Waals surface area contributed by atoms with Gasteiger partial charge in [-0.15, -0.1) is 0 Å². The topological polar surface area (TPSA) is 15.3 Å². The molecule has 1 aliphatic heterocycles. The van der Waals surface area contributed by atoms with Crippen molar-refractivity contribution in [2.75, 3.05) is 26.2 Å². The highest BCUT2D eigenvalue weighted by molar-refractivity contribution is 5.22. The zero-order chi connectivity index (χ0) is 14.4. The number of nitrogens with zero attached hydrogens (tertiary/aromatic N) is 1. The van der Waals surface area contributed by atoms with Crippen molar-refractivity contribution in [1.82, 2.24) is 10.2 Å². The summed E-state index contributed by atoms with van der Waals surface area (Å²) in [6.45, 7) is 12.7. The van der Waals surface area contributed by atoms with Crippen LogP contribution in [0.3, 0.4) is 0 Å². The first-order valence-corrected chi connectivity index (χ1v) is 8.10. The number of likely N-dealkylation sites (tertiary alicyclic amines) is 1. The summed E-state index contributed by atoms with van der Waals surface area (Å²) in [5.74, 6) is 0. The average Bonchev–Trinajstić information content (AvgIpc) is 2.43. The number of likely N-dealkylation sites (N-methyl/N-ethyl adjacent to an activating group) is 1. The van der Waals surface area contributed by atoms with Crippen LogP contribution >= 0.6 is 0 Å². The highest BCUT2D eigenvalue weighted by Crippen LogP contribution is 2.30. The Bertz CT molecular complexity index is 384. The van der Waals surface area contributed by atoms with Crippen LogP contribution in [0.5, 0.6) is 0 Å². The van der Waals surface area contributed by atoms with Crippen molar-refractivity contribution < 1.29 is 0 Å². The van der Waals surface area contributed by atoms with Gasteiger partial charge in [0.05, 0.1) is 0 Å². The molecule has 0 unspecified atom stereocenters. The van der Waals surface area contributed by atoms with E-state index in [0.717, 1.165) is 26.1 Å². The Morgan fingerprint density at radius 3 is 2.25 bits per heavy atom. The minimum atomic E-state index is 0.548. The van der Waals surface area contributed by atoms with Crippen LogP contribution in [0.15, 0.2) is 24.3 Å². The fourth-order valence-electron chi connectivity index (χ4n) is 2.80. The molecular weight excluding hydrogens is 244 g/mol. The smallest absolute Gasteiger partial charge is 0.0233 e. The molecule has 0 saturated carbocycles. The lowest BCUT2D eigenvalue weighted by Crippen LogP contribution is -2.36. The van der Waals surface area contributed by atoms with Gasteiger partial charge in [-0.2, -0.15) is 0 Å². The molecule has 20 heavy (non-hydrogen) atoms. The molecule has 1 saturated heterocycles. The maximum Gasteiger partial charge on any atom is 0.0233 e. The fourth-order valence-corrected chi connectivity index (χ4v) is 2.80. The number of benzene rings is 1. The zero-order valence-electron chi connectivity index (χ0n) is 13.4. The minimum Gasteiger partial charge on any atom is -0.317 e. The lowest BCUT2D eigenvalue weighted by Gasteiger charge is -2.36. The quantitative estimate of drug-likeness (QED) is 0.799. The first-order chi connectivity index (χ1) is 9.59. The van der Waals surface area contributed by atoms with Crippen LogP contribution in [-0.4, -0.2) is 31.1 Å². The molecule has 2 heteroatoms. The number of rotatable bonds is 6. The second kappa shape index (κ2) is 7.24.